The molecule has 0 unspecified atom stereocenters. The summed E-state index contributed by atoms with van der Waals surface area (Å²) in [7, 11) is 0. The molecular weight excluding hydrogens is 240 g/mol. The lowest BCUT2D eigenvalue weighted by Crippen LogP contribution is -2.05. The molecule has 3 N–H and O–H groups in total. The predicted molar refractivity (Wildman–Crippen MR) is 76.6 cm³/mol. The number of nitrogens with zero attached hydrogens (tertiary/aromatic N) is 1. The maximum absolute atomic E-state index is 11.4. The maximum atomic E-state index is 11.4. The van der Waals surface area contributed by atoms with Crippen molar-refractivity contribution in [2.24, 2.45) is 5.73 Å². The van der Waals surface area contributed by atoms with Crippen LogP contribution in [0.2, 0.25) is 0 Å². The summed E-state index contributed by atoms with van der Waals surface area (Å²) in [5, 5.41) is 10.2. The molecule has 0 fully saturated rings. The van der Waals surface area contributed by atoms with Crippen LogP contribution in [0.5, 0.6) is 0 Å². The van der Waals surface area contributed by atoms with Crippen molar-refractivity contribution in [1.82, 2.24) is 4.57 Å². The molecule has 102 valence electrons. The first-order valence-electron chi connectivity index (χ1n) is 6.73. The number of carbonyl (C=O) groups is 1. The Balaban J connectivity index is 2.60. The van der Waals surface area contributed by atoms with Crippen molar-refractivity contribution in [2.75, 3.05) is 6.54 Å². The van der Waals surface area contributed by atoms with Crippen LogP contribution in [0.25, 0.3) is 10.9 Å². The Morgan fingerprint density at radius 2 is 2.21 bits per heavy atom. The van der Waals surface area contributed by atoms with Gasteiger partial charge in [-0.3, -0.25) is 0 Å². The molecule has 0 aliphatic carbocycles. The van der Waals surface area contributed by atoms with Gasteiger partial charge in [-0.05, 0) is 37.1 Å². The third kappa shape index (κ3) is 2.63. The summed E-state index contributed by atoms with van der Waals surface area (Å²) in [6.07, 6.45) is 4.88. The van der Waals surface area contributed by atoms with E-state index in [1.165, 1.54) is 0 Å². The Hall–Kier alpha value is -1.81. The maximum Gasteiger partial charge on any atom is 0.336 e. The minimum absolute atomic E-state index is 0.396. The molecule has 0 aliphatic rings. The lowest BCUT2D eigenvalue weighted by Gasteiger charge is -2.04. The molecule has 0 saturated carbocycles. The van der Waals surface area contributed by atoms with Gasteiger partial charge in [-0.1, -0.05) is 19.4 Å². The van der Waals surface area contributed by atoms with Gasteiger partial charge >= 0.3 is 5.97 Å². The van der Waals surface area contributed by atoms with Gasteiger partial charge in [-0.2, -0.15) is 0 Å². The van der Waals surface area contributed by atoms with Crippen molar-refractivity contribution in [3.05, 3.63) is 35.5 Å². The first-order valence-corrected chi connectivity index (χ1v) is 6.73. The van der Waals surface area contributed by atoms with Gasteiger partial charge in [0.25, 0.3) is 0 Å². The SMILES string of the molecule is CCCc1cn(CCCN)c2cccc(C(=O)O)c12. The molecule has 4 heteroatoms. The second-order valence-corrected chi connectivity index (χ2v) is 4.74. The highest BCUT2D eigenvalue weighted by Crippen LogP contribution is 2.26. The Kier molecular flexibility index (Phi) is 4.22. The normalized spacial score (nSPS) is 11.1. The molecule has 2 aromatic rings. The fourth-order valence-electron chi connectivity index (χ4n) is 2.52. The van der Waals surface area contributed by atoms with E-state index in [0.29, 0.717) is 12.1 Å². The molecule has 0 bridgehead atoms. The van der Waals surface area contributed by atoms with Crippen molar-refractivity contribution in [3.8, 4) is 0 Å². The molecule has 0 aliphatic heterocycles. The molecule has 4 nitrogen and oxygen atoms in total. The Morgan fingerprint density at radius 3 is 2.84 bits per heavy atom. The van der Waals surface area contributed by atoms with Crippen molar-refractivity contribution < 1.29 is 9.90 Å². The van der Waals surface area contributed by atoms with Crippen molar-refractivity contribution >= 4 is 16.9 Å². The molecule has 1 aromatic carbocycles. The van der Waals surface area contributed by atoms with Crippen molar-refractivity contribution in [2.45, 2.75) is 32.7 Å². The molecule has 19 heavy (non-hydrogen) atoms. The number of hydrogen-bond donors (Lipinski definition) is 2. The quantitative estimate of drug-likeness (QED) is 0.839. The van der Waals surface area contributed by atoms with Gasteiger partial charge in [-0.15, -0.1) is 0 Å². The average Bonchev–Trinajstić information content (AvgIpc) is 2.75. The van der Waals surface area contributed by atoms with Crippen molar-refractivity contribution in [1.29, 1.82) is 0 Å². The van der Waals surface area contributed by atoms with E-state index in [-0.39, 0.29) is 0 Å². The van der Waals surface area contributed by atoms with E-state index in [1.54, 1.807) is 12.1 Å². The zero-order valence-corrected chi connectivity index (χ0v) is 11.2. The van der Waals surface area contributed by atoms with E-state index in [0.717, 1.165) is 42.3 Å². The Bertz CT molecular complexity index is 587. The van der Waals surface area contributed by atoms with Crippen LogP contribution in [0.3, 0.4) is 0 Å². The first-order chi connectivity index (χ1) is 9.19. The van der Waals surface area contributed by atoms with Crippen molar-refractivity contribution in [3.63, 3.8) is 0 Å². The topological polar surface area (TPSA) is 68.2 Å². The Labute approximate surface area is 112 Å². The van der Waals surface area contributed by atoms with Gasteiger partial charge in [0.05, 0.1) is 5.56 Å². The number of nitrogens with two attached hydrogens (primary N) is 1. The zero-order chi connectivity index (χ0) is 13.8. The van der Waals surface area contributed by atoms with E-state index in [2.05, 4.69) is 17.7 Å². The number of aromatic carboxylic acids is 1. The molecule has 1 aromatic heterocycles. The highest BCUT2D eigenvalue weighted by Gasteiger charge is 2.15. The summed E-state index contributed by atoms with van der Waals surface area (Å²) in [5.41, 5.74) is 8.07. The van der Waals surface area contributed by atoms with E-state index >= 15 is 0 Å². The fourth-order valence-corrected chi connectivity index (χ4v) is 2.52. The molecule has 0 amide bonds. The summed E-state index contributed by atoms with van der Waals surface area (Å²) in [4.78, 5) is 11.4. The van der Waals surface area contributed by atoms with Crippen LogP contribution in [-0.2, 0) is 13.0 Å². The standard InChI is InChI=1S/C15H20N2O2/c1-2-5-11-10-17(9-4-8-16)13-7-3-6-12(14(11)13)15(18)19/h3,6-7,10H,2,4-5,8-9,16H2,1H3,(H,18,19). The van der Waals surface area contributed by atoms with Crippen LogP contribution in [0.15, 0.2) is 24.4 Å². The van der Waals surface area contributed by atoms with E-state index in [1.807, 2.05) is 6.07 Å². The Morgan fingerprint density at radius 1 is 1.42 bits per heavy atom. The second kappa shape index (κ2) is 5.89. The van der Waals surface area contributed by atoms with Gasteiger partial charge in [0.15, 0.2) is 0 Å². The molecule has 0 saturated heterocycles. The zero-order valence-electron chi connectivity index (χ0n) is 11.2. The molecular formula is C15H20N2O2. The summed E-state index contributed by atoms with van der Waals surface area (Å²) in [5.74, 6) is -0.862. The van der Waals surface area contributed by atoms with E-state index in [9.17, 15) is 9.90 Å². The number of aromatic nitrogens is 1. The largest absolute Gasteiger partial charge is 0.478 e. The van der Waals surface area contributed by atoms with Gasteiger partial charge in [0.2, 0.25) is 0 Å². The number of fused-ring (bicyclic) bond motifs is 1. The van der Waals surface area contributed by atoms with Gasteiger partial charge in [0.1, 0.15) is 0 Å². The third-order valence-electron chi connectivity index (χ3n) is 3.34. The molecule has 1 heterocycles. The number of carboxylic acid groups (broad SMARTS) is 1. The van der Waals surface area contributed by atoms with Crippen LogP contribution < -0.4 is 5.73 Å². The number of carboxylic acids is 1. The smallest absolute Gasteiger partial charge is 0.336 e. The second-order valence-electron chi connectivity index (χ2n) is 4.74. The van der Waals surface area contributed by atoms with Crippen LogP contribution in [0.4, 0.5) is 0 Å². The lowest BCUT2D eigenvalue weighted by atomic mass is 10.0. The predicted octanol–water partition coefficient (Wildman–Crippen LogP) is 2.64. The average molecular weight is 260 g/mol. The summed E-state index contributed by atoms with van der Waals surface area (Å²) < 4.78 is 2.12. The van der Waals surface area contributed by atoms with Gasteiger partial charge < -0.3 is 15.4 Å². The van der Waals surface area contributed by atoms with Crippen LogP contribution in [0, 0.1) is 0 Å². The van der Waals surface area contributed by atoms with E-state index in [4.69, 9.17) is 5.73 Å². The summed E-state index contributed by atoms with van der Waals surface area (Å²) in [6.45, 7) is 3.58. The monoisotopic (exact) mass is 260 g/mol. The van der Waals surface area contributed by atoms with Gasteiger partial charge in [-0.25, -0.2) is 4.79 Å². The summed E-state index contributed by atoms with van der Waals surface area (Å²) >= 11 is 0. The minimum Gasteiger partial charge on any atom is -0.478 e. The highest BCUT2D eigenvalue weighted by molar-refractivity contribution is 6.04. The molecule has 0 radical (unpaired) electrons. The third-order valence-corrected chi connectivity index (χ3v) is 3.34. The molecule has 0 atom stereocenters. The first kappa shape index (κ1) is 13.6. The van der Waals surface area contributed by atoms with Crippen LogP contribution in [-0.4, -0.2) is 22.2 Å². The van der Waals surface area contributed by atoms with Crippen LogP contribution in [0.1, 0.15) is 35.7 Å². The fraction of sp³-hybridized carbons (Fsp3) is 0.400. The molecule has 2 rings (SSSR count). The number of hydrogen-bond acceptors (Lipinski definition) is 2. The lowest BCUT2D eigenvalue weighted by molar-refractivity contribution is 0.0699. The summed E-state index contributed by atoms with van der Waals surface area (Å²) in [6, 6.07) is 5.47. The minimum atomic E-state index is -0.862. The van der Waals surface area contributed by atoms with Gasteiger partial charge in [0, 0.05) is 23.6 Å². The van der Waals surface area contributed by atoms with Crippen LogP contribution >= 0.6 is 0 Å². The number of benzene rings is 1. The van der Waals surface area contributed by atoms with E-state index < -0.39 is 5.97 Å². The number of aryl methyl sites for hydroxylation is 2. The highest BCUT2D eigenvalue weighted by atomic mass is 16.4. The number of rotatable bonds is 6. The molecule has 0 spiro atoms.